The zero-order chi connectivity index (χ0) is 17.9. The van der Waals surface area contributed by atoms with E-state index in [1.165, 1.54) is 0 Å². The summed E-state index contributed by atoms with van der Waals surface area (Å²) in [7, 11) is 1.63. The van der Waals surface area contributed by atoms with Crippen molar-refractivity contribution in [3.05, 3.63) is 65.7 Å². The van der Waals surface area contributed by atoms with Gasteiger partial charge >= 0.3 is 0 Å². The first-order valence-corrected chi connectivity index (χ1v) is 8.49. The van der Waals surface area contributed by atoms with Crippen molar-refractivity contribution in [2.45, 2.75) is 13.0 Å². The molecular weight excluding hydrogens is 316 g/mol. The van der Waals surface area contributed by atoms with Crippen molar-refractivity contribution < 1.29 is 14.3 Å². The fourth-order valence-electron chi connectivity index (χ4n) is 2.48. The quantitative estimate of drug-likeness (QED) is 0.674. The molecule has 2 aromatic carbocycles. The van der Waals surface area contributed by atoms with E-state index in [1.54, 1.807) is 13.2 Å². The first-order valence-electron chi connectivity index (χ1n) is 8.49. The van der Waals surface area contributed by atoms with Gasteiger partial charge in [-0.05, 0) is 36.7 Å². The van der Waals surface area contributed by atoms with Gasteiger partial charge in [-0.25, -0.2) is 0 Å². The van der Waals surface area contributed by atoms with Crippen LogP contribution in [0.4, 0.5) is 0 Å². The van der Waals surface area contributed by atoms with Crippen LogP contribution in [0, 0.1) is 0 Å². The molecule has 0 spiro atoms. The number of amides is 1. The van der Waals surface area contributed by atoms with Gasteiger partial charge in [0.05, 0.1) is 6.61 Å². The fraction of sp³-hybridized carbons (Fsp3) is 0.350. The van der Waals surface area contributed by atoms with Crippen LogP contribution in [0.2, 0.25) is 0 Å². The molecule has 1 amide bonds. The van der Waals surface area contributed by atoms with Crippen molar-refractivity contribution in [1.82, 2.24) is 4.90 Å². The number of nitrogens with zero attached hydrogens (tertiary/aromatic N) is 1. The number of nitrogens with two attached hydrogens (primary N) is 1. The van der Waals surface area contributed by atoms with Gasteiger partial charge in [-0.2, -0.15) is 0 Å². The van der Waals surface area contributed by atoms with Crippen LogP contribution in [-0.2, 0) is 11.3 Å². The van der Waals surface area contributed by atoms with E-state index in [9.17, 15) is 4.79 Å². The molecule has 5 nitrogen and oxygen atoms in total. The van der Waals surface area contributed by atoms with E-state index in [0.717, 1.165) is 12.0 Å². The smallest absolute Gasteiger partial charge is 0.254 e. The summed E-state index contributed by atoms with van der Waals surface area (Å²) in [6.07, 6.45) is 0.766. The first kappa shape index (κ1) is 19.0. The zero-order valence-electron chi connectivity index (χ0n) is 14.7. The maximum absolute atomic E-state index is 12.9. The topological polar surface area (TPSA) is 64.8 Å². The summed E-state index contributed by atoms with van der Waals surface area (Å²) in [6.45, 7) is 2.70. The van der Waals surface area contributed by atoms with Gasteiger partial charge in [0.2, 0.25) is 0 Å². The first-order chi connectivity index (χ1) is 12.2. The van der Waals surface area contributed by atoms with Gasteiger partial charge in [-0.3, -0.25) is 4.79 Å². The number of rotatable bonds is 10. The molecule has 0 aromatic heterocycles. The number of methoxy groups -OCH3 is 1. The fourth-order valence-corrected chi connectivity index (χ4v) is 2.48. The minimum atomic E-state index is -0.0190. The Kier molecular flexibility index (Phi) is 7.95. The second-order valence-electron chi connectivity index (χ2n) is 5.72. The summed E-state index contributed by atoms with van der Waals surface area (Å²) >= 11 is 0. The third kappa shape index (κ3) is 6.21. The number of carbonyl (C=O) groups is 1. The van der Waals surface area contributed by atoms with Crippen molar-refractivity contribution in [3.63, 3.8) is 0 Å². The second-order valence-corrected chi connectivity index (χ2v) is 5.72. The van der Waals surface area contributed by atoms with E-state index in [4.69, 9.17) is 15.2 Å². The Morgan fingerprint density at radius 1 is 1.08 bits per heavy atom. The summed E-state index contributed by atoms with van der Waals surface area (Å²) in [5.41, 5.74) is 7.34. The van der Waals surface area contributed by atoms with Gasteiger partial charge < -0.3 is 20.1 Å². The molecule has 0 unspecified atom stereocenters. The number of hydrogen-bond donors (Lipinski definition) is 1. The normalized spacial score (nSPS) is 10.5. The summed E-state index contributed by atoms with van der Waals surface area (Å²) in [5, 5.41) is 0. The van der Waals surface area contributed by atoms with Crippen LogP contribution in [0.1, 0.15) is 22.3 Å². The average molecular weight is 342 g/mol. The number of ether oxygens (including phenoxy) is 2. The van der Waals surface area contributed by atoms with Crippen LogP contribution in [0.5, 0.6) is 5.75 Å². The number of hydrogen-bond acceptors (Lipinski definition) is 4. The third-order valence-corrected chi connectivity index (χ3v) is 3.77. The van der Waals surface area contributed by atoms with Crippen LogP contribution < -0.4 is 10.5 Å². The van der Waals surface area contributed by atoms with Gasteiger partial charge in [0.25, 0.3) is 5.91 Å². The second kappa shape index (κ2) is 10.5. The van der Waals surface area contributed by atoms with Gasteiger partial charge in [0, 0.05) is 25.8 Å². The molecule has 2 aromatic rings. The van der Waals surface area contributed by atoms with Crippen LogP contribution in [-0.4, -0.2) is 44.2 Å². The molecule has 5 heteroatoms. The lowest BCUT2D eigenvalue weighted by Crippen LogP contribution is -2.32. The molecular formula is C20H26N2O3. The molecule has 0 atom stereocenters. The molecule has 0 saturated carbocycles. The van der Waals surface area contributed by atoms with Crippen LogP contribution >= 0.6 is 0 Å². The van der Waals surface area contributed by atoms with Crippen LogP contribution in [0.15, 0.2) is 54.6 Å². The lowest BCUT2D eigenvalue weighted by molar-refractivity contribution is 0.0741. The Labute approximate surface area is 149 Å². The van der Waals surface area contributed by atoms with E-state index in [1.807, 2.05) is 53.4 Å². The Morgan fingerprint density at radius 3 is 2.60 bits per heavy atom. The van der Waals surface area contributed by atoms with Crippen molar-refractivity contribution >= 4 is 5.91 Å². The Bertz CT molecular complexity index is 646. The lowest BCUT2D eigenvalue weighted by Gasteiger charge is -2.23. The molecule has 0 aliphatic heterocycles. The monoisotopic (exact) mass is 342 g/mol. The molecule has 2 N–H and O–H groups in total. The Morgan fingerprint density at radius 2 is 1.88 bits per heavy atom. The molecule has 0 aliphatic carbocycles. The zero-order valence-corrected chi connectivity index (χ0v) is 14.7. The lowest BCUT2D eigenvalue weighted by atomic mass is 10.1. The number of carbonyl (C=O) groups excluding carboxylic acids is 1. The highest BCUT2D eigenvalue weighted by atomic mass is 16.5. The van der Waals surface area contributed by atoms with E-state index in [2.05, 4.69) is 0 Å². The largest absolute Gasteiger partial charge is 0.491 e. The molecule has 0 radical (unpaired) electrons. The maximum Gasteiger partial charge on any atom is 0.254 e. The van der Waals surface area contributed by atoms with Crippen LogP contribution in [0.3, 0.4) is 0 Å². The van der Waals surface area contributed by atoms with Gasteiger partial charge in [-0.15, -0.1) is 0 Å². The average Bonchev–Trinajstić information content (AvgIpc) is 2.66. The minimum absolute atomic E-state index is 0.0190. The highest BCUT2D eigenvalue weighted by Gasteiger charge is 2.16. The van der Waals surface area contributed by atoms with E-state index in [0.29, 0.717) is 44.2 Å². The molecule has 0 bridgehead atoms. The summed E-state index contributed by atoms with van der Waals surface area (Å²) < 4.78 is 10.6. The summed E-state index contributed by atoms with van der Waals surface area (Å²) in [6, 6.07) is 17.2. The summed E-state index contributed by atoms with van der Waals surface area (Å²) in [5.74, 6) is 0.649. The van der Waals surface area contributed by atoms with Gasteiger partial charge in [-0.1, -0.05) is 36.4 Å². The highest BCUT2D eigenvalue weighted by Crippen LogP contribution is 2.17. The predicted octanol–water partition coefficient (Wildman–Crippen LogP) is 2.70. The van der Waals surface area contributed by atoms with Crippen molar-refractivity contribution in [2.24, 2.45) is 5.73 Å². The van der Waals surface area contributed by atoms with Crippen molar-refractivity contribution in [1.29, 1.82) is 0 Å². The Hall–Kier alpha value is -2.37. The van der Waals surface area contributed by atoms with Crippen molar-refractivity contribution in [2.75, 3.05) is 33.4 Å². The SMILES string of the molecule is COCCOc1cccc(C(=O)N(CCCN)Cc2ccccc2)c1. The number of benzene rings is 2. The molecule has 2 rings (SSSR count). The maximum atomic E-state index is 12.9. The molecule has 0 fully saturated rings. The van der Waals surface area contributed by atoms with Crippen molar-refractivity contribution in [3.8, 4) is 5.75 Å². The summed E-state index contributed by atoms with van der Waals surface area (Å²) in [4.78, 5) is 14.8. The Balaban J connectivity index is 2.10. The third-order valence-electron chi connectivity index (χ3n) is 3.77. The predicted molar refractivity (Wildman–Crippen MR) is 98.7 cm³/mol. The molecule has 0 saturated heterocycles. The molecule has 0 aliphatic rings. The highest BCUT2D eigenvalue weighted by molar-refractivity contribution is 5.94. The van der Waals surface area contributed by atoms with E-state index >= 15 is 0 Å². The van der Waals surface area contributed by atoms with Gasteiger partial charge in [0.1, 0.15) is 12.4 Å². The van der Waals surface area contributed by atoms with Crippen LogP contribution in [0.25, 0.3) is 0 Å². The minimum Gasteiger partial charge on any atom is -0.491 e. The van der Waals surface area contributed by atoms with E-state index in [-0.39, 0.29) is 5.91 Å². The van der Waals surface area contributed by atoms with E-state index < -0.39 is 0 Å². The molecule has 134 valence electrons. The van der Waals surface area contributed by atoms with Gasteiger partial charge in [0.15, 0.2) is 0 Å². The standard InChI is InChI=1S/C20H26N2O3/c1-24-13-14-25-19-10-5-9-18(15-19)20(23)22(12-6-11-21)16-17-7-3-2-4-8-17/h2-5,7-10,15H,6,11-14,16,21H2,1H3. The molecule has 25 heavy (non-hydrogen) atoms. The molecule has 0 heterocycles.